The van der Waals surface area contributed by atoms with Crippen LogP contribution in [0.4, 0.5) is 0 Å². The van der Waals surface area contributed by atoms with E-state index in [1.165, 1.54) is 5.56 Å². The third kappa shape index (κ3) is 5.05. The van der Waals surface area contributed by atoms with Gasteiger partial charge in [0, 0.05) is 24.8 Å². The van der Waals surface area contributed by atoms with E-state index < -0.39 is 5.60 Å². The predicted molar refractivity (Wildman–Crippen MR) is 124 cm³/mol. The number of benzene rings is 1. The van der Waals surface area contributed by atoms with Crippen molar-refractivity contribution in [2.75, 3.05) is 39.9 Å². The summed E-state index contributed by atoms with van der Waals surface area (Å²) in [7, 11) is 1.79. The molecule has 178 valence electrons. The molecular weight excluding hydrogens is 420 g/mol. The van der Waals surface area contributed by atoms with E-state index in [0.29, 0.717) is 32.7 Å². The van der Waals surface area contributed by atoms with Crippen LogP contribution in [-0.4, -0.2) is 77.3 Å². The number of para-hydroxylation sites is 1. The molecule has 3 heterocycles. The van der Waals surface area contributed by atoms with Gasteiger partial charge >= 0.3 is 0 Å². The second-order valence-electron chi connectivity index (χ2n) is 9.14. The number of morpholine rings is 1. The SMILES string of the molecule is Cc1n[nH]c(C)c1CC(=O)N1CCOC2(CCCCc3ccccc3OCCN(C)C2=O)C1. The Morgan fingerprint density at radius 3 is 2.79 bits per heavy atom. The minimum absolute atomic E-state index is 0.00380. The smallest absolute Gasteiger partial charge is 0.256 e. The van der Waals surface area contributed by atoms with Gasteiger partial charge in [0.2, 0.25) is 5.91 Å². The van der Waals surface area contributed by atoms with E-state index in [-0.39, 0.29) is 24.8 Å². The number of hydrogen-bond acceptors (Lipinski definition) is 5. The third-order valence-corrected chi connectivity index (χ3v) is 6.82. The van der Waals surface area contributed by atoms with Gasteiger partial charge in [-0.05, 0) is 51.2 Å². The lowest BCUT2D eigenvalue weighted by molar-refractivity contribution is -0.175. The van der Waals surface area contributed by atoms with Gasteiger partial charge < -0.3 is 19.3 Å². The Morgan fingerprint density at radius 2 is 2.00 bits per heavy atom. The van der Waals surface area contributed by atoms with Gasteiger partial charge in [0.05, 0.1) is 31.8 Å². The van der Waals surface area contributed by atoms with Crippen molar-refractivity contribution in [2.45, 2.75) is 51.6 Å². The number of H-pyrrole nitrogens is 1. The molecule has 4 rings (SSSR count). The van der Waals surface area contributed by atoms with Crippen molar-refractivity contribution < 1.29 is 19.1 Å². The van der Waals surface area contributed by atoms with Crippen LogP contribution in [0.5, 0.6) is 5.75 Å². The van der Waals surface area contributed by atoms with Crippen molar-refractivity contribution >= 4 is 11.8 Å². The molecule has 8 heteroatoms. The van der Waals surface area contributed by atoms with Gasteiger partial charge in [0.15, 0.2) is 5.60 Å². The Labute approximate surface area is 195 Å². The molecule has 0 radical (unpaired) electrons. The number of aromatic nitrogens is 2. The maximum absolute atomic E-state index is 13.6. The number of aryl methyl sites for hydroxylation is 3. The van der Waals surface area contributed by atoms with Crippen LogP contribution in [0.3, 0.4) is 0 Å². The van der Waals surface area contributed by atoms with Gasteiger partial charge in [-0.15, -0.1) is 0 Å². The van der Waals surface area contributed by atoms with Crippen LogP contribution in [0, 0.1) is 13.8 Å². The molecule has 2 aliphatic heterocycles. The highest BCUT2D eigenvalue weighted by atomic mass is 16.5. The van der Waals surface area contributed by atoms with Crippen LogP contribution >= 0.6 is 0 Å². The molecule has 2 amide bonds. The maximum Gasteiger partial charge on any atom is 0.256 e. The van der Waals surface area contributed by atoms with Gasteiger partial charge in [0.25, 0.3) is 5.91 Å². The number of hydrogen-bond donors (Lipinski definition) is 1. The zero-order valence-electron chi connectivity index (χ0n) is 19.9. The summed E-state index contributed by atoms with van der Waals surface area (Å²) in [6.07, 6.45) is 3.50. The molecule has 0 bridgehead atoms. The lowest BCUT2D eigenvalue weighted by atomic mass is 9.91. The van der Waals surface area contributed by atoms with E-state index in [9.17, 15) is 9.59 Å². The molecular formula is C25H34N4O4. The van der Waals surface area contributed by atoms with Crippen molar-refractivity contribution in [3.8, 4) is 5.75 Å². The number of likely N-dealkylation sites (N-methyl/N-ethyl adjacent to an activating group) is 1. The lowest BCUT2D eigenvalue weighted by Gasteiger charge is -2.43. The van der Waals surface area contributed by atoms with Crippen LogP contribution in [0.15, 0.2) is 24.3 Å². The molecule has 1 aromatic heterocycles. The molecule has 1 saturated heterocycles. The molecule has 0 aliphatic carbocycles. The summed E-state index contributed by atoms with van der Waals surface area (Å²) in [6.45, 7) is 5.82. The molecule has 1 atom stereocenters. The van der Waals surface area contributed by atoms with Gasteiger partial charge in [0.1, 0.15) is 12.4 Å². The molecule has 2 aliphatic rings. The van der Waals surface area contributed by atoms with Crippen LogP contribution < -0.4 is 4.74 Å². The molecule has 1 unspecified atom stereocenters. The highest BCUT2D eigenvalue weighted by molar-refractivity contribution is 5.87. The number of carbonyl (C=O) groups excluding carboxylic acids is 2. The van der Waals surface area contributed by atoms with Gasteiger partial charge in [-0.3, -0.25) is 14.7 Å². The number of nitrogens with one attached hydrogen (secondary N) is 1. The summed E-state index contributed by atoms with van der Waals surface area (Å²) in [5.41, 5.74) is 2.85. The molecule has 8 nitrogen and oxygen atoms in total. The van der Waals surface area contributed by atoms with E-state index >= 15 is 0 Å². The molecule has 1 spiro atoms. The Morgan fingerprint density at radius 1 is 1.18 bits per heavy atom. The molecule has 1 N–H and O–H groups in total. The lowest BCUT2D eigenvalue weighted by Crippen LogP contribution is -2.61. The van der Waals surface area contributed by atoms with E-state index in [1.807, 2.05) is 32.0 Å². The number of fused-ring (bicyclic) bond motifs is 1. The standard InChI is InChI=1S/C25H34N4O4/c1-18-21(19(2)27-26-18)16-23(30)29-13-15-33-25(17-29)11-7-6-9-20-8-4-5-10-22(20)32-14-12-28(3)24(25)31/h4-5,8,10H,6-7,9,11-17H2,1-3H3,(H,26,27). The Bertz CT molecular complexity index is 985. The maximum atomic E-state index is 13.6. The van der Waals surface area contributed by atoms with E-state index in [1.54, 1.807) is 16.8 Å². The van der Waals surface area contributed by atoms with Gasteiger partial charge in [-0.25, -0.2) is 0 Å². The molecule has 1 fully saturated rings. The summed E-state index contributed by atoms with van der Waals surface area (Å²) < 4.78 is 12.2. The first-order valence-corrected chi connectivity index (χ1v) is 11.8. The quantitative estimate of drug-likeness (QED) is 0.753. The van der Waals surface area contributed by atoms with Crippen LogP contribution in [0.1, 0.15) is 41.8 Å². The molecule has 33 heavy (non-hydrogen) atoms. The van der Waals surface area contributed by atoms with Crippen molar-refractivity contribution in [1.82, 2.24) is 20.0 Å². The van der Waals surface area contributed by atoms with Gasteiger partial charge in [-0.1, -0.05) is 18.2 Å². The normalized spacial score (nSPS) is 22.3. The van der Waals surface area contributed by atoms with E-state index in [0.717, 1.165) is 42.0 Å². The fourth-order valence-electron chi connectivity index (χ4n) is 4.80. The number of carbonyl (C=O) groups is 2. The number of nitrogens with zero attached hydrogens (tertiary/aromatic N) is 3. The van der Waals surface area contributed by atoms with Crippen molar-refractivity contribution in [2.24, 2.45) is 0 Å². The minimum Gasteiger partial charge on any atom is -0.491 e. The van der Waals surface area contributed by atoms with Crippen LogP contribution in [0.25, 0.3) is 0 Å². The Kier molecular flexibility index (Phi) is 7.02. The van der Waals surface area contributed by atoms with Crippen molar-refractivity contribution in [1.29, 1.82) is 0 Å². The first-order chi connectivity index (χ1) is 15.9. The largest absolute Gasteiger partial charge is 0.491 e. The first kappa shape index (κ1) is 23.3. The Balaban J connectivity index is 1.50. The number of amides is 2. The van der Waals surface area contributed by atoms with Gasteiger partial charge in [-0.2, -0.15) is 5.10 Å². The topological polar surface area (TPSA) is 87.8 Å². The van der Waals surface area contributed by atoms with E-state index in [4.69, 9.17) is 9.47 Å². The van der Waals surface area contributed by atoms with Crippen LogP contribution in [0.2, 0.25) is 0 Å². The summed E-state index contributed by atoms with van der Waals surface area (Å²) >= 11 is 0. The fourth-order valence-corrected chi connectivity index (χ4v) is 4.80. The second-order valence-corrected chi connectivity index (χ2v) is 9.14. The number of aromatic amines is 1. The third-order valence-electron chi connectivity index (χ3n) is 6.82. The summed E-state index contributed by atoms with van der Waals surface area (Å²) in [5.74, 6) is 0.821. The van der Waals surface area contributed by atoms with Crippen molar-refractivity contribution in [3.05, 3.63) is 46.8 Å². The first-order valence-electron chi connectivity index (χ1n) is 11.8. The Hall–Kier alpha value is -2.87. The minimum atomic E-state index is -1.01. The summed E-state index contributed by atoms with van der Waals surface area (Å²) in [4.78, 5) is 30.2. The summed E-state index contributed by atoms with van der Waals surface area (Å²) in [6, 6.07) is 8.09. The molecule has 0 saturated carbocycles. The predicted octanol–water partition coefficient (Wildman–Crippen LogP) is 2.43. The highest BCUT2D eigenvalue weighted by Crippen LogP contribution is 2.29. The summed E-state index contributed by atoms with van der Waals surface area (Å²) in [5, 5.41) is 7.14. The van der Waals surface area contributed by atoms with Crippen LogP contribution in [-0.2, 0) is 27.2 Å². The average molecular weight is 455 g/mol. The van der Waals surface area contributed by atoms with E-state index in [2.05, 4.69) is 16.3 Å². The zero-order chi connectivity index (χ0) is 23.4. The second kappa shape index (κ2) is 9.95. The van der Waals surface area contributed by atoms with Crippen molar-refractivity contribution in [3.63, 3.8) is 0 Å². The molecule has 1 aromatic carbocycles. The number of ether oxygens (including phenoxy) is 2. The number of rotatable bonds is 2. The monoisotopic (exact) mass is 454 g/mol. The molecule has 2 aromatic rings. The highest BCUT2D eigenvalue weighted by Gasteiger charge is 2.46. The fraction of sp³-hybridized carbons (Fsp3) is 0.560. The zero-order valence-corrected chi connectivity index (χ0v) is 19.9. The average Bonchev–Trinajstić information content (AvgIpc) is 3.13.